The molecule has 0 saturated heterocycles. The van der Waals surface area contributed by atoms with Gasteiger partial charge in [0.05, 0.1) is 13.0 Å². The molecule has 0 aliphatic rings. The molecule has 132 valence electrons. The van der Waals surface area contributed by atoms with Crippen molar-refractivity contribution in [2.24, 2.45) is 0 Å². The van der Waals surface area contributed by atoms with Crippen molar-refractivity contribution in [3.63, 3.8) is 0 Å². The summed E-state index contributed by atoms with van der Waals surface area (Å²) in [5, 5.41) is 11.6. The van der Waals surface area contributed by atoms with Crippen LogP contribution in [-0.4, -0.2) is 23.6 Å². The van der Waals surface area contributed by atoms with Crippen LogP contribution in [0, 0.1) is 0 Å². The van der Waals surface area contributed by atoms with E-state index >= 15 is 0 Å². The molecule has 0 aliphatic carbocycles. The third kappa shape index (κ3) is 6.67. The number of aryl methyl sites for hydroxylation is 1. The minimum Gasteiger partial charge on any atom is -0.494 e. The Morgan fingerprint density at radius 1 is 1.08 bits per heavy atom. The molecule has 0 heterocycles. The van der Waals surface area contributed by atoms with E-state index in [-0.39, 0.29) is 18.7 Å². The molecule has 1 amide bonds. The molecule has 0 aliphatic heterocycles. The predicted octanol–water partition coefficient (Wildman–Crippen LogP) is 3.67. The molecule has 0 bridgehead atoms. The first kappa shape index (κ1) is 18.5. The molecule has 0 fully saturated rings. The molecular formula is C20H23NO4. The standard InChI is InChI=1S/C20H23NO4/c1-2-11-25-18-8-4-6-16(13-18)14-19(22)21-17-7-3-5-15(12-17)9-10-20(23)24/h3-8,12-13H,2,9-11,14H2,1H3,(H,21,22)(H,23,24). The number of aliphatic carboxylic acids is 1. The van der Waals surface area contributed by atoms with Gasteiger partial charge in [-0.05, 0) is 48.2 Å². The third-order valence-corrected chi connectivity index (χ3v) is 3.57. The van der Waals surface area contributed by atoms with Gasteiger partial charge in [0.2, 0.25) is 5.91 Å². The molecule has 5 heteroatoms. The summed E-state index contributed by atoms with van der Waals surface area (Å²) in [5.74, 6) is -0.189. The van der Waals surface area contributed by atoms with Gasteiger partial charge in [-0.2, -0.15) is 0 Å². The highest BCUT2D eigenvalue weighted by Gasteiger charge is 2.07. The first-order valence-electron chi connectivity index (χ1n) is 8.39. The lowest BCUT2D eigenvalue weighted by Gasteiger charge is -2.09. The van der Waals surface area contributed by atoms with Crippen LogP contribution >= 0.6 is 0 Å². The summed E-state index contributed by atoms with van der Waals surface area (Å²) in [4.78, 5) is 22.9. The van der Waals surface area contributed by atoms with Gasteiger partial charge in [0.1, 0.15) is 5.75 Å². The van der Waals surface area contributed by atoms with E-state index in [1.54, 1.807) is 6.07 Å². The fourth-order valence-corrected chi connectivity index (χ4v) is 2.41. The Bertz CT molecular complexity index is 727. The molecule has 5 nitrogen and oxygen atoms in total. The van der Waals surface area contributed by atoms with Crippen molar-refractivity contribution in [2.45, 2.75) is 32.6 Å². The number of carboxylic acid groups (broad SMARTS) is 1. The number of rotatable bonds is 9. The zero-order valence-electron chi connectivity index (χ0n) is 14.3. The Balaban J connectivity index is 1.93. The molecule has 2 aromatic rings. The van der Waals surface area contributed by atoms with E-state index in [9.17, 15) is 9.59 Å². The first-order valence-corrected chi connectivity index (χ1v) is 8.39. The number of hydrogen-bond acceptors (Lipinski definition) is 3. The zero-order valence-corrected chi connectivity index (χ0v) is 14.3. The molecule has 0 unspecified atom stereocenters. The lowest BCUT2D eigenvalue weighted by Crippen LogP contribution is -2.14. The second-order valence-corrected chi connectivity index (χ2v) is 5.81. The van der Waals surface area contributed by atoms with Crippen LogP contribution in [0.2, 0.25) is 0 Å². The molecule has 2 rings (SSSR count). The number of ether oxygens (including phenoxy) is 1. The Kier molecular flexibility index (Phi) is 7.01. The van der Waals surface area contributed by atoms with Gasteiger partial charge >= 0.3 is 5.97 Å². The molecule has 0 spiro atoms. The largest absolute Gasteiger partial charge is 0.494 e. The van der Waals surface area contributed by atoms with Crippen molar-refractivity contribution < 1.29 is 19.4 Å². The second-order valence-electron chi connectivity index (χ2n) is 5.81. The lowest BCUT2D eigenvalue weighted by molar-refractivity contribution is -0.137. The molecule has 0 radical (unpaired) electrons. The minimum atomic E-state index is -0.834. The number of benzene rings is 2. The van der Waals surface area contributed by atoms with Crippen LogP contribution in [-0.2, 0) is 22.4 Å². The van der Waals surface area contributed by atoms with Crippen molar-refractivity contribution in [3.05, 3.63) is 59.7 Å². The fourth-order valence-electron chi connectivity index (χ4n) is 2.41. The Hall–Kier alpha value is -2.82. The number of carboxylic acids is 1. The van der Waals surface area contributed by atoms with Crippen LogP contribution in [0.1, 0.15) is 30.9 Å². The van der Waals surface area contributed by atoms with E-state index in [0.717, 1.165) is 23.3 Å². The average Bonchev–Trinajstić information content (AvgIpc) is 2.58. The molecule has 2 aromatic carbocycles. The Morgan fingerprint density at radius 2 is 1.84 bits per heavy atom. The van der Waals surface area contributed by atoms with Crippen LogP contribution in [0.5, 0.6) is 5.75 Å². The van der Waals surface area contributed by atoms with Crippen LogP contribution < -0.4 is 10.1 Å². The van der Waals surface area contributed by atoms with Gasteiger partial charge in [-0.1, -0.05) is 31.2 Å². The van der Waals surface area contributed by atoms with E-state index in [1.165, 1.54) is 0 Å². The maximum absolute atomic E-state index is 12.2. The molecule has 2 N–H and O–H groups in total. The summed E-state index contributed by atoms with van der Waals surface area (Å²) in [7, 11) is 0. The van der Waals surface area contributed by atoms with Crippen LogP contribution in [0.25, 0.3) is 0 Å². The quantitative estimate of drug-likeness (QED) is 0.729. The van der Waals surface area contributed by atoms with Crippen molar-refractivity contribution in [1.82, 2.24) is 0 Å². The maximum Gasteiger partial charge on any atom is 0.303 e. The summed E-state index contributed by atoms with van der Waals surface area (Å²) in [6.07, 6.45) is 1.70. The predicted molar refractivity (Wildman–Crippen MR) is 97.0 cm³/mol. The molecule has 25 heavy (non-hydrogen) atoms. The smallest absolute Gasteiger partial charge is 0.303 e. The van der Waals surface area contributed by atoms with Crippen LogP contribution in [0.15, 0.2) is 48.5 Å². The van der Waals surface area contributed by atoms with Gasteiger partial charge in [0, 0.05) is 12.1 Å². The number of nitrogens with one attached hydrogen (secondary N) is 1. The summed E-state index contributed by atoms with van der Waals surface area (Å²) >= 11 is 0. The van der Waals surface area contributed by atoms with Crippen molar-refractivity contribution in [1.29, 1.82) is 0 Å². The van der Waals surface area contributed by atoms with Gasteiger partial charge in [0.25, 0.3) is 0 Å². The first-order chi connectivity index (χ1) is 12.1. The highest BCUT2D eigenvalue weighted by atomic mass is 16.5. The number of amides is 1. The topological polar surface area (TPSA) is 75.6 Å². The van der Waals surface area contributed by atoms with Crippen molar-refractivity contribution in [2.75, 3.05) is 11.9 Å². The van der Waals surface area contributed by atoms with Gasteiger partial charge in [-0.3, -0.25) is 9.59 Å². The summed E-state index contributed by atoms with van der Waals surface area (Å²) in [5.41, 5.74) is 2.44. The van der Waals surface area contributed by atoms with Crippen molar-refractivity contribution in [3.8, 4) is 5.75 Å². The number of carbonyl (C=O) groups excluding carboxylic acids is 1. The van der Waals surface area contributed by atoms with Crippen LogP contribution in [0.3, 0.4) is 0 Å². The van der Waals surface area contributed by atoms with Crippen LogP contribution in [0.4, 0.5) is 5.69 Å². The van der Waals surface area contributed by atoms with E-state index in [2.05, 4.69) is 5.32 Å². The highest BCUT2D eigenvalue weighted by Crippen LogP contribution is 2.16. The number of hydrogen-bond donors (Lipinski definition) is 2. The van der Waals surface area contributed by atoms with Gasteiger partial charge in [-0.15, -0.1) is 0 Å². The molecule has 0 aromatic heterocycles. The second kappa shape index (κ2) is 9.47. The van der Waals surface area contributed by atoms with Gasteiger partial charge in [-0.25, -0.2) is 0 Å². The molecule has 0 saturated carbocycles. The number of carbonyl (C=O) groups is 2. The average molecular weight is 341 g/mol. The van der Waals surface area contributed by atoms with E-state index in [4.69, 9.17) is 9.84 Å². The monoisotopic (exact) mass is 341 g/mol. The Morgan fingerprint density at radius 3 is 2.60 bits per heavy atom. The fraction of sp³-hybridized carbons (Fsp3) is 0.300. The summed E-state index contributed by atoms with van der Waals surface area (Å²) in [6, 6.07) is 14.8. The summed E-state index contributed by atoms with van der Waals surface area (Å²) in [6.45, 7) is 2.70. The van der Waals surface area contributed by atoms with Gasteiger partial charge in [0.15, 0.2) is 0 Å². The normalized spacial score (nSPS) is 10.3. The Labute approximate surface area is 147 Å². The lowest BCUT2D eigenvalue weighted by atomic mass is 10.1. The molecule has 0 atom stereocenters. The minimum absolute atomic E-state index is 0.0714. The summed E-state index contributed by atoms with van der Waals surface area (Å²) < 4.78 is 5.58. The zero-order chi connectivity index (χ0) is 18.1. The van der Waals surface area contributed by atoms with Gasteiger partial charge < -0.3 is 15.2 Å². The third-order valence-electron chi connectivity index (χ3n) is 3.57. The maximum atomic E-state index is 12.2. The SMILES string of the molecule is CCCOc1cccc(CC(=O)Nc2cccc(CCC(=O)O)c2)c1. The van der Waals surface area contributed by atoms with E-state index in [1.807, 2.05) is 49.4 Å². The molecular weight excluding hydrogens is 318 g/mol. The van der Waals surface area contributed by atoms with E-state index in [0.29, 0.717) is 18.7 Å². The number of anilines is 1. The van der Waals surface area contributed by atoms with Crippen molar-refractivity contribution >= 4 is 17.6 Å². The van der Waals surface area contributed by atoms with E-state index < -0.39 is 5.97 Å². The highest BCUT2D eigenvalue weighted by molar-refractivity contribution is 5.92.